The molecule has 2 aromatic rings. The molecule has 3 N–H and O–H groups in total. The topological polar surface area (TPSA) is 64.7 Å². The third-order valence-corrected chi connectivity index (χ3v) is 2.93. The highest BCUT2D eigenvalue weighted by Crippen LogP contribution is 2.28. The van der Waals surface area contributed by atoms with Crippen molar-refractivity contribution in [1.29, 1.82) is 0 Å². The number of aliphatic hydroxyl groups is 1. The molecule has 0 saturated heterocycles. The van der Waals surface area contributed by atoms with Crippen LogP contribution in [0.2, 0.25) is 0 Å². The summed E-state index contributed by atoms with van der Waals surface area (Å²) >= 11 is 0. The van der Waals surface area contributed by atoms with E-state index in [9.17, 15) is 0 Å². The van der Waals surface area contributed by atoms with Crippen molar-refractivity contribution in [2.75, 3.05) is 18.9 Å². The lowest BCUT2D eigenvalue weighted by atomic mass is 10.1. The SMILES string of the molecule is CCCOc1cc(N)cc(Oc2ccc(CCO)cc2)c1. The Hall–Kier alpha value is -2.20. The summed E-state index contributed by atoms with van der Waals surface area (Å²) < 4.78 is 11.4. The molecule has 0 amide bonds. The van der Waals surface area contributed by atoms with Gasteiger partial charge in [0.2, 0.25) is 0 Å². The van der Waals surface area contributed by atoms with Crippen LogP contribution in [0.25, 0.3) is 0 Å². The summed E-state index contributed by atoms with van der Waals surface area (Å²) in [4.78, 5) is 0. The second-order valence-electron chi connectivity index (χ2n) is 4.81. The first-order valence-corrected chi connectivity index (χ1v) is 7.12. The highest BCUT2D eigenvalue weighted by Gasteiger charge is 2.03. The van der Waals surface area contributed by atoms with Crippen molar-refractivity contribution in [3.63, 3.8) is 0 Å². The number of anilines is 1. The number of hydrogen-bond acceptors (Lipinski definition) is 4. The molecule has 0 radical (unpaired) electrons. The molecule has 0 aliphatic carbocycles. The van der Waals surface area contributed by atoms with Gasteiger partial charge in [-0.2, -0.15) is 0 Å². The third-order valence-electron chi connectivity index (χ3n) is 2.93. The highest BCUT2D eigenvalue weighted by molar-refractivity contribution is 5.51. The van der Waals surface area contributed by atoms with E-state index < -0.39 is 0 Å². The van der Waals surface area contributed by atoms with Crippen LogP contribution in [0.4, 0.5) is 5.69 Å². The molecule has 2 aromatic carbocycles. The van der Waals surface area contributed by atoms with E-state index in [0.717, 1.165) is 17.7 Å². The van der Waals surface area contributed by atoms with Gasteiger partial charge in [-0.05, 0) is 30.5 Å². The molecule has 4 heteroatoms. The second kappa shape index (κ2) is 7.55. The average Bonchev–Trinajstić information content (AvgIpc) is 2.47. The van der Waals surface area contributed by atoms with E-state index in [4.69, 9.17) is 20.3 Å². The van der Waals surface area contributed by atoms with Gasteiger partial charge in [-0.3, -0.25) is 0 Å². The number of rotatable bonds is 7. The summed E-state index contributed by atoms with van der Waals surface area (Å²) in [6.07, 6.45) is 1.59. The zero-order valence-electron chi connectivity index (χ0n) is 12.2. The molecule has 112 valence electrons. The first-order chi connectivity index (χ1) is 10.2. The Morgan fingerprint density at radius 1 is 1.00 bits per heavy atom. The van der Waals surface area contributed by atoms with Gasteiger partial charge >= 0.3 is 0 Å². The summed E-state index contributed by atoms with van der Waals surface area (Å²) in [5, 5.41) is 8.90. The van der Waals surface area contributed by atoms with Crippen molar-refractivity contribution >= 4 is 5.69 Å². The highest BCUT2D eigenvalue weighted by atomic mass is 16.5. The van der Waals surface area contributed by atoms with E-state index in [1.807, 2.05) is 30.3 Å². The van der Waals surface area contributed by atoms with Crippen LogP contribution in [0.5, 0.6) is 17.2 Å². The Morgan fingerprint density at radius 3 is 2.38 bits per heavy atom. The van der Waals surface area contributed by atoms with Gasteiger partial charge in [0.15, 0.2) is 0 Å². The van der Waals surface area contributed by atoms with Gasteiger partial charge in [-0.25, -0.2) is 0 Å². The molecular weight excluding hydrogens is 266 g/mol. The lowest BCUT2D eigenvalue weighted by molar-refractivity contribution is 0.299. The molecule has 0 aromatic heterocycles. The second-order valence-corrected chi connectivity index (χ2v) is 4.81. The van der Waals surface area contributed by atoms with E-state index >= 15 is 0 Å². The van der Waals surface area contributed by atoms with E-state index in [1.165, 1.54) is 0 Å². The van der Waals surface area contributed by atoms with Gasteiger partial charge < -0.3 is 20.3 Å². The van der Waals surface area contributed by atoms with Crippen molar-refractivity contribution in [3.05, 3.63) is 48.0 Å². The number of hydrogen-bond donors (Lipinski definition) is 2. The van der Waals surface area contributed by atoms with Gasteiger partial charge in [-0.1, -0.05) is 19.1 Å². The third kappa shape index (κ3) is 4.68. The molecule has 4 nitrogen and oxygen atoms in total. The van der Waals surface area contributed by atoms with Crippen molar-refractivity contribution in [1.82, 2.24) is 0 Å². The average molecular weight is 287 g/mol. The zero-order chi connectivity index (χ0) is 15.1. The summed E-state index contributed by atoms with van der Waals surface area (Å²) in [7, 11) is 0. The fourth-order valence-electron chi connectivity index (χ4n) is 1.95. The Bertz CT molecular complexity index is 567. The van der Waals surface area contributed by atoms with Gasteiger partial charge in [0.1, 0.15) is 17.2 Å². The molecule has 2 rings (SSSR count). The van der Waals surface area contributed by atoms with E-state index in [2.05, 4.69) is 6.92 Å². The standard InChI is InChI=1S/C17H21NO3/c1-2-9-20-16-10-14(18)11-17(12-16)21-15-5-3-13(4-6-15)7-8-19/h3-6,10-12,19H,2,7-9,18H2,1H3. The number of ether oxygens (including phenoxy) is 2. The monoisotopic (exact) mass is 287 g/mol. The molecule has 0 fully saturated rings. The number of nitrogen functional groups attached to an aromatic ring is 1. The van der Waals surface area contributed by atoms with Crippen LogP contribution < -0.4 is 15.2 Å². The fourth-order valence-corrected chi connectivity index (χ4v) is 1.95. The van der Waals surface area contributed by atoms with Crippen LogP contribution >= 0.6 is 0 Å². The van der Waals surface area contributed by atoms with Gasteiger partial charge in [0.05, 0.1) is 6.61 Å². The molecule has 0 atom stereocenters. The first kappa shape index (κ1) is 15.2. The molecule has 0 aliphatic heterocycles. The molecule has 0 heterocycles. The smallest absolute Gasteiger partial charge is 0.133 e. The minimum absolute atomic E-state index is 0.146. The summed E-state index contributed by atoms with van der Waals surface area (Å²) in [6, 6.07) is 13.0. The maximum atomic E-state index is 8.90. The zero-order valence-corrected chi connectivity index (χ0v) is 12.2. The van der Waals surface area contributed by atoms with Crippen molar-refractivity contribution < 1.29 is 14.6 Å². The number of aliphatic hydroxyl groups excluding tert-OH is 1. The van der Waals surface area contributed by atoms with Crippen molar-refractivity contribution in [2.24, 2.45) is 0 Å². The fraction of sp³-hybridized carbons (Fsp3) is 0.294. The largest absolute Gasteiger partial charge is 0.493 e. The van der Waals surface area contributed by atoms with Gasteiger partial charge in [0.25, 0.3) is 0 Å². The summed E-state index contributed by atoms with van der Waals surface area (Å²) in [5.74, 6) is 2.09. The lowest BCUT2D eigenvalue weighted by Gasteiger charge is -2.10. The van der Waals surface area contributed by atoms with Crippen LogP contribution in [0.15, 0.2) is 42.5 Å². The Morgan fingerprint density at radius 2 is 1.71 bits per heavy atom. The van der Waals surface area contributed by atoms with Crippen LogP contribution in [0, 0.1) is 0 Å². The van der Waals surface area contributed by atoms with Gasteiger partial charge in [0, 0.05) is 30.5 Å². The van der Waals surface area contributed by atoms with Crippen LogP contribution in [0.1, 0.15) is 18.9 Å². The summed E-state index contributed by atoms with van der Waals surface area (Å²) in [5.41, 5.74) is 7.54. The predicted octanol–water partition coefficient (Wildman–Crippen LogP) is 3.38. The van der Waals surface area contributed by atoms with E-state index in [-0.39, 0.29) is 6.61 Å². The van der Waals surface area contributed by atoms with E-state index in [0.29, 0.717) is 30.2 Å². The number of nitrogens with two attached hydrogens (primary N) is 1. The molecular formula is C17H21NO3. The van der Waals surface area contributed by atoms with Crippen LogP contribution in [-0.2, 0) is 6.42 Å². The lowest BCUT2D eigenvalue weighted by Crippen LogP contribution is -1.97. The maximum Gasteiger partial charge on any atom is 0.133 e. The maximum absolute atomic E-state index is 8.90. The number of benzene rings is 2. The summed E-state index contributed by atoms with van der Waals surface area (Å²) in [6.45, 7) is 2.85. The Kier molecular flexibility index (Phi) is 5.46. The molecule has 0 unspecified atom stereocenters. The molecule has 21 heavy (non-hydrogen) atoms. The minimum Gasteiger partial charge on any atom is -0.493 e. The van der Waals surface area contributed by atoms with Crippen LogP contribution in [0.3, 0.4) is 0 Å². The molecule has 0 saturated carbocycles. The van der Waals surface area contributed by atoms with Gasteiger partial charge in [-0.15, -0.1) is 0 Å². The molecule has 0 bridgehead atoms. The first-order valence-electron chi connectivity index (χ1n) is 7.12. The normalized spacial score (nSPS) is 10.4. The van der Waals surface area contributed by atoms with E-state index in [1.54, 1.807) is 12.1 Å². The Labute approximate surface area is 125 Å². The van der Waals surface area contributed by atoms with Crippen molar-refractivity contribution in [3.8, 4) is 17.2 Å². The molecule has 0 aliphatic rings. The molecule has 0 spiro atoms. The van der Waals surface area contributed by atoms with Crippen molar-refractivity contribution in [2.45, 2.75) is 19.8 Å². The minimum atomic E-state index is 0.146. The van der Waals surface area contributed by atoms with Crippen LogP contribution in [-0.4, -0.2) is 18.3 Å². The Balaban J connectivity index is 2.09. The predicted molar refractivity (Wildman–Crippen MR) is 83.9 cm³/mol. The quantitative estimate of drug-likeness (QED) is 0.766.